The summed E-state index contributed by atoms with van der Waals surface area (Å²) in [7, 11) is -0.316. The van der Waals surface area contributed by atoms with E-state index in [1.165, 1.54) is 18.4 Å². The topological polar surface area (TPSA) is 49.4 Å². The molecule has 1 N–H and O–H groups in total. The molecule has 6 heteroatoms. The predicted octanol–water partition coefficient (Wildman–Crippen LogP) is 1.32. The van der Waals surface area contributed by atoms with E-state index in [0.29, 0.717) is 0 Å². The summed E-state index contributed by atoms with van der Waals surface area (Å²) in [5, 5.41) is -0.0813. The highest BCUT2D eigenvalue weighted by atomic mass is 35.5. The minimum atomic E-state index is -3.35. The number of alkyl halides is 1. The van der Waals surface area contributed by atoms with E-state index in [0.717, 1.165) is 32.1 Å². The van der Waals surface area contributed by atoms with Crippen molar-refractivity contribution in [2.24, 2.45) is 0 Å². The van der Waals surface area contributed by atoms with Crippen LogP contribution in [-0.4, -0.2) is 38.2 Å². The lowest BCUT2D eigenvalue weighted by Gasteiger charge is -2.23. The maximum Gasteiger partial charge on any atom is 0.279 e. The number of nitrogens with one attached hydrogen (secondary N) is 1. The van der Waals surface area contributed by atoms with Gasteiger partial charge in [0, 0.05) is 25.5 Å². The van der Waals surface area contributed by atoms with E-state index in [1.807, 2.05) is 0 Å². The van der Waals surface area contributed by atoms with Gasteiger partial charge in [-0.25, -0.2) is 0 Å². The molecular formula is C9H19ClN2O2S. The Labute approximate surface area is 97.2 Å². The van der Waals surface area contributed by atoms with Crippen LogP contribution in [0.15, 0.2) is 0 Å². The SMILES string of the molecule is CN(C)S(=O)(=O)NC1CCCCCC1Cl. The Kier molecular flexibility index (Phi) is 4.83. The van der Waals surface area contributed by atoms with Crippen LogP contribution >= 0.6 is 11.6 Å². The summed E-state index contributed by atoms with van der Waals surface area (Å²) in [4.78, 5) is 0. The molecule has 1 rings (SSSR count). The predicted molar refractivity (Wildman–Crippen MR) is 62.3 cm³/mol. The van der Waals surface area contributed by atoms with Crippen LogP contribution in [0.3, 0.4) is 0 Å². The lowest BCUT2D eigenvalue weighted by atomic mass is 10.1. The summed E-state index contributed by atoms with van der Waals surface area (Å²) >= 11 is 6.15. The fourth-order valence-corrected chi connectivity index (χ4v) is 2.99. The minimum absolute atomic E-state index is 0.0813. The van der Waals surface area contributed by atoms with Crippen LogP contribution in [0, 0.1) is 0 Å². The average molecular weight is 255 g/mol. The van der Waals surface area contributed by atoms with E-state index in [-0.39, 0.29) is 11.4 Å². The van der Waals surface area contributed by atoms with E-state index >= 15 is 0 Å². The van der Waals surface area contributed by atoms with Crippen LogP contribution in [0.4, 0.5) is 0 Å². The number of halogens is 1. The smallest absolute Gasteiger partial charge is 0.198 e. The van der Waals surface area contributed by atoms with Crippen LogP contribution < -0.4 is 4.72 Å². The Hall–Kier alpha value is 0.160. The largest absolute Gasteiger partial charge is 0.279 e. The number of nitrogens with zero attached hydrogens (tertiary/aromatic N) is 1. The molecule has 4 nitrogen and oxygen atoms in total. The molecule has 0 aromatic heterocycles. The van der Waals surface area contributed by atoms with E-state index in [9.17, 15) is 8.42 Å². The summed E-state index contributed by atoms with van der Waals surface area (Å²) in [5.74, 6) is 0. The van der Waals surface area contributed by atoms with Crippen molar-refractivity contribution in [3.63, 3.8) is 0 Å². The zero-order chi connectivity index (χ0) is 11.5. The van der Waals surface area contributed by atoms with E-state index in [2.05, 4.69) is 4.72 Å². The van der Waals surface area contributed by atoms with Crippen molar-refractivity contribution in [2.75, 3.05) is 14.1 Å². The Bertz CT molecular complexity index is 292. The van der Waals surface area contributed by atoms with Gasteiger partial charge >= 0.3 is 0 Å². The summed E-state index contributed by atoms with van der Waals surface area (Å²) in [6.07, 6.45) is 5.00. The monoisotopic (exact) mass is 254 g/mol. The van der Waals surface area contributed by atoms with Crippen molar-refractivity contribution >= 4 is 21.8 Å². The van der Waals surface area contributed by atoms with Gasteiger partial charge in [0.15, 0.2) is 0 Å². The lowest BCUT2D eigenvalue weighted by Crippen LogP contribution is -2.45. The van der Waals surface area contributed by atoms with Gasteiger partial charge in [0.05, 0.1) is 0 Å². The first-order valence-corrected chi connectivity index (χ1v) is 7.15. The highest BCUT2D eigenvalue weighted by molar-refractivity contribution is 7.87. The van der Waals surface area contributed by atoms with Gasteiger partial charge in [0.1, 0.15) is 0 Å². The highest BCUT2D eigenvalue weighted by Crippen LogP contribution is 2.22. The third-order valence-electron chi connectivity index (χ3n) is 2.71. The second kappa shape index (κ2) is 5.48. The molecule has 0 aromatic carbocycles. The van der Waals surface area contributed by atoms with Crippen molar-refractivity contribution in [1.29, 1.82) is 0 Å². The van der Waals surface area contributed by atoms with E-state index < -0.39 is 10.2 Å². The van der Waals surface area contributed by atoms with Crippen LogP contribution in [0.5, 0.6) is 0 Å². The third-order valence-corrected chi connectivity index (χ3v) is 4.80. The van der Waals surface area contributed by atoms with Gasteiger partial charge in [-0.05, 0) is 12.8 Å². The molecule has 0 radical (unpaired) electrons. The second-order valence-corrected chi connectivity index (χ2v) is 6.64. The molecule has 1 saturated carbocycles. The highest BCUT2D eigenvalue weighted by Gasteiger charge is 2.26. The standard InChI is InChI=1S/C9H19ClN2O2S/c1-12(2)15(13,14)11-9-7-5-3-4-6-8(9)10/h8-9,11H,3-7H2,1-2H3. The molecule has 0 spiro atoms. The van der Waals surface area contributed by atoms with Gasteiger partial charge in [-0.2, -0.15) is 17.4 Å². The summed E-state index contributed by atoms with van der Waals surface area (Å²) in [6.45, 7) is 0. The van der Waals surface area contributed by atoms with Crippen LogP contribution in [0.1, 0.15) is 32.1 Å². The fourth-order valence-electron chi connectivity index (χ4n) is 1.69. The van der Waals surface area contributed by atoms with Crippen molar-refractivity contribution in [2.45, 2.75) is 43.5 Å². The maximum absolute atomic E-state index is 11.6. The lowest BCUT2D eigenvalue weighted by molar-refractivity contribution is 0.468. The van der Waals surface area contributed by atoms with Crippen molar-refractivity contribution < 1.29 is 8.42 Å². The minimum Gasteiger partial charge on any atom is -0.198 e. The normalized spacial score (nSPS) is 29.1. The van der Waals surface area contributed by atoms with Crippen molar-refractivity contribution in [3.05, 3.63) is 0 Å². The van der Waals surface area contributed by atoms with Gasteiger partial charge in [0.25, 0.3) is 10.2 Å². The van der Waals surface area contributed by atoms with Crippen LogP contribution in [0.2, 0.25) is 0 Å². The molecule has 15 heavy (non-hydrogen) atoms. The molecule has 0 aliphatic heterocycles. The first-order valence-electron chi connectivity index (χ1n) is 5.27. The van der Waals surface area contributed by atoms with Crippen LogP contribution in [-0.2, 0) is 10.2 Å². The Morgan fingerprint density at radius 1 is 1.20 bits per heavy atom. The summed E-state index contributed by atoms with van der Waals surface area (Å²) in [6, 6.07) is -0.124. The first kappa shape index (κ1) is 13.2. The van der Waals surface area contributed by atoms with Gasteiger partial charge < -0.3 is 0 Å². The van der Waals surface area contributed by atoms with Crippen molar-refractivity contribution in [1.82, 2.24) is 9.03 Å². The Balaban J connectivity index is 2.63. The molecule has 0 bridgehead atoms. The summed E-state index contributed by atoms with van der Waals surface area (Å²) in [5.41, 5.74) is 0. The van der Waals surface area contributed by atoms with E-state index in [1.54, 1.807) is 0 Å². The molecular weight excluding hydrogens is 236 g/mol. The zero-order valence-electron chi connectivity index (χ0n) is 9.24. The molecule has 0 heterocycles. The van der Waals surface area contributed by atoms with Gasteiger partial charge in [0.2, 0.25) is 0 Å². The third kappa shape index (κ3) is 3.90. The molecule has 2 unspecified atom stereocenters. The molecule has 1 aliphatic rings. The van der Waals surface area contributed by atoms with Gasteiger partial charge in [-0.3, -0.25) is 0 Å². The molecule has 90 valence electrons. The zero-order valence-corrected chi connectivity index (χ0v) is 10.8. The van der Waals surface area contributed by atoms with E-state index in [4.69, 9.17) is 11.6 Å². The molecule has 1 aliphatic carbocycles. The Morgan fingerprint density at radius 2 is 1.80 bits per heavy atom. The Morgan fingerprint density at radius 3 is 2.40 bits per heavy atom. The van der Waals surface area contributed by atoms with Crippen molar-refractivity contribution in [3.8, 4) is 0 Å². The maximum atomic E-state index is 11.6. The van der Waals surface area contributed by atoms with Gasteiger partial charge in [-0.1, -0.05) is 19.3 Å². The number of rotatable bonds is 3. The molecule has 1 fully saturated rings. The number of hydrogen-bond donors (Lipinski definition) is 1. The average Bonchev–Trinajstić information content (AvgIpc) is 2.31. The molecule has 0 amide bonds. The molecule has 0 aromatic rings. The molecule has 0 saturated heterocycles. The quantitative estimate of drug-likeness (QED) is 0.610. The first-order chi connectivity index (χ1) is 6.93. The summed E-state index contributed by atoms with van der Waals surface area (Å²) < 4.78 is 27.1. The number of hydrogen-bond acceptors (Lipinski definition) is 2. The van der Waals surface area contributed by atoms with Crippen LogP contribution in [0.25, 0.3) is 0 Å². The molecule has 2 atom stereocenters. The second-order valence-electron chi connectivity index (χ2n) is 4.17. The fraction of sp³-hybridized carbons (Fsp3) is 1.00. The van der Waals surface area contributed by atoms with Gasteiger partial charge in [-0.15, -0.1) is 11.6 Å².